The molecule has 0 unspecified atom stereocenters. The van der Waals surface area contributed by atoms with Crippen LogP contribution in [0, 0.1) is 6.92 Å². The molecule has 27 heavy (non-hydrogen) atoms. The Morgan fingerprint density at radius 1 is 1.19 bits per heavy atom. The number of hydrogen-bond donors (Lipinski definition) is 2. The van der Waals surface area contributed by atoms with E-state index >= 15 is 0 Å². The lowest BCUT2D eigenvalue weighted by Gasteiger charge is -2.05. The number of carbonyl (C=O) groups is 1. The molecular weight excluding hydrogens is 344 g/mol. The van der Waals surface area contributed by atoms with Crippen LogP contribution < -0.4 is 10.9 Å². The van der Waals surface area contributed by atoms with E-state index in [-0.39, 0.29) is 12.1 Å². The molecule has 0 aliphatic heterocycles. The maximum Gasteiger partial charge on any atom is 0.264 e. The highest BCUT2D eigenvalue weighted by atomic mass is 16.3. The predicted octanol–water partition coefficient (Wildman–Crippen LogP) is 2.82. The highest BCUT2D eigenvalue weighted by molar-refractivity contribution is 5.93. The Morgan fingerprint density at radius 3 is 2.70 bits per heavy atom. The van der Waals surface area contributed by atoms with E-state index in [0.29, 0.717) is 17.1 Å². The third kappa shape index (κ3) is 3.22. The molecule has 0 saturated heterocycles. The van der Waals surface area contributed by atoms with E-state index in [1.165, 1.54) is 6.20 Å². The molecule has 0 bridgehead atoms. The van der Waals surface area contributed by atoms with Crippen molar-refractivity contribution in [2.24, 2.45) is 0 Å². The highest BCUT2D eigenvalue weighted by Gasteiger charge is 2.15. The lowest BCUT2D eigenvalue weighted by molar-refractivity contribution is 0.0946. The van der Waals surface area contributed by atoms with E-state index < -0.39 is 11.5 Å². The van der Waals surface area contributed by atoms with Gasteiger partial charge in [-0.05, 0) is 25.1 Å². The van der Waals surface area contributed by atoms with E-state index in [4.69, 9.17) is 4.42 Å². The molecule has 2 N–H and O–H groups in total. The molecule has 7 nitrogen and oxygen atoms in total. The number of aryl methyl sites for hydroxylation is 1. The molecule has 1 aromatic carbocycles. The standard InChI is InChI=1S/C20H16N4O3/c1-12-14-4-2-3-5-16(14)27-17(12)11-23-19(25)15-10-22-18(24-20(15)26)13-6-8-21-9-7-13/h2-10H,11H2,1H3,(H,23,25)(H,22,24,26). The largest absolute Gasteiger partial charge is 0.459 e. The Kier molecular flexibility index (Phi) is 4.25. The number of pyridine rings is 1. The Morgan fingerprint density at radius 2 is 1.96 bits per heavy atom. The van der Waals surface area contributed by atoms with Gasteiger partial charge in [0.25, 0.3) is 11.5 Å². The van der Waals surface area contributed by atoms with Crippen molar-refractivity contribution in [2.45, 2.75) is 13.5 Å². The summed E-state index contributed by atoms with van der Waals surface area (Å²) in [4.78, 5) is 35.4. The second-order valence-electron chi connectivity index (χ2n) is 6.04. The fourth-order valence-electron chi connectivity index (χ4n) is 2.86. The summed E-state index contributed by atoms with van der Waals surface area (Å²) < 4.78 is 5.77. The van der Waals surface area contributed by atoms with E-state index in [1.807, 2.05) is 31.2 Å². The quantitative estimate of drug-likeness (QED) is 0.583. The Balaban J connectivity index is 1.53. The van der Waals surface area contributed by atoms with Gasteiger partial charge in [0.2, 0.25) is 0 Å². The molecule has 134 valence electrons. The number of aromatic amines is 1. The highest BCUT2D eigenvalue weighted by Crippen LogP contribution is 2.24. The third-order valence-corrected chi connectivity index (χ3v) is 4.35. The van der Waals surface area contributed by atoms with E-state index in [9.17, 15) is 9.59 Å². The fraction of sp³-hybridized carbons (Fsp3) is 0.100. The van der Waals surface area contributed by atoms with E-state index in [1.54, 1.807) is 24.5 Å². The van der Waals surface area contributed by atoms with Gasteiger partial charge in [0, 0.05) is 35.1 Å². The zero-order chi connectivity index (χ0) is 18.8. The van der Waals surface area contributed by atoms with Crippen molar-refractivity contribution in [2.75, 3.05) is 0 Å². The molecule has 0 atom stereocenters. The number of benzene rings is 1. The molecule has 0 saturated carbocycles. The lowest BCUT2D eigenvalue weighted by atomic mass is 10.1. The first-order valence-electron chi connectivity index (χ1n) is 8.38. The molecule has 4 rings (SSSR count). The molecule has 4 aromatic rings. The molecular formula is C20H16N4O3. The number of para-hydroxylation sites is 1. The number of furan rings is 1. The van der Waals surface area contributed by atoms with Crippen molar-refractivity contribution >= 4 is 16.9 Å². The minimum absolute atomic E-state index is 0.0541. The van der Waals surface area contributed by atoms with Gasteiger partial charge >= 0.3 is 0 Å². The van der Waals surface area contributed by atoms with Crippen LogP contribution in [0.5, 0.6) is 0 Å². The van der Waals surface area contributed by atoms with Gasteiger partial charge in [0.15, 0.2) is 0 Å². The first-order chi connectivity index (χ1) is 13.1. The summed E-state index contributed by atoms with van der Waals surface area (Å²) in [7, 11) is 0. The van der Waals surface area contributed by atoms with Gasteiger partial charge in [-0.3, -0.25) is 14.6 Å². The van der Waals surface area contributed by atoms with Crippen LogP contribution in [0.3, 0.4) is 0 Å². The Bertz CT molecular complexity index is 1180. The van der Waals surface area contributed by atoms with Crippen LogP contribution in [0.2, 0.25) is 0 Å². The predicted molar refractivity (Wildman–Crippen MR) is 100 cm³/mol. The zero-order valence-corrected chi connectivity index (χ0v) is 14.5. The van der Waals surface area contributed by atoms with Gasteiger partial charge in [0.05, 0.1) is 6.54 Å². The van der Waals surface area contributed by atoms with Crippen LogP contribution in [0.4, 0.5) is 0 Å². The van der Waals surface area contributed by atoms with E-state index in [0.717, 1.165) is 16.5 Å². The minimum Gasteiger partial charge on any atom is -0.459 e. The van der Waals surface area contributed by atoms with E-state index in [2.05, 4.69) is 20.3 Å². The minimum atomic E-state index is -0.509. The van der Waals surface area contributed by atoms with Crippen molar-refractivity contribution in [1.82, 2.24) is 20.3 Å². The number of aromatic nitrogens is 3. The Labute approximate surface area is 154 Å². The normalized spacial score (nSPS) is 10.9. The summed E-state index contributed by atoms with van der Waals surface area (Å²) in [5.74, 6) is 0.527. The van der Waals surface area contributed by atoms with Crippen LogP contribution in [0.15, 0.2) is 64.2 Å². The van der Waals surface area contributed by atoms with Gasteiger partial charge in [-0.1, -0.05) is 18.2 Å². The monoisotopic (exact) mass is 360 g/mol. The molecule has 3 aromatic heterocycles. The first-order valence-corrected chi connectivity index (χ1v) is 8.38. The maximum atomic E-state index is 12.4. The molecule has 0 spiro atoms. The maximum absolute atomic E-state index is 12.4. The average Bonchev–Trinajstić information content (AvgIpc) is 3.03. The summed E-state index contributed by atoms with van der Waals surface area (Å²) in [5, 5.41) is 3.72. The lowest BCUT2D eigenvalue weighted by Crippen LogP contribution is -2.29. The Hall–Kier alpha value is -3.74. The van der Waals surface area contributed by atoms with Gasteiger partial charge in [-0.15, -0.1) is 0 Å². The molecule has 0 fully saturated rings. The third-order valence-electron chi connectivity index (χ3n) is 4.35. The van der Waals surface area contributed by atoms with Crippen LogP contribution in [-0.4, -0.2) is 20.9 Å². The smallest absolute Gasteiger partial charge is 0.264 e. The number of rotatable bonds is 4. The number of nitrogens with one attached hydrogen (secondary N) is 2. The number of H-pyrrole nitrogens is 1. The van der Waals surface area contributed by atoms with Gasteiger partial charge in [0.1, 0.15) is 22.7 Å². The summed E-state index contributed by atoms with van der Waals surface area (Å²) in [5.41, 5.74) is 1.88. The molecule has 0 aliphatic carbocycles. The summed E-state index contributed by atoms with van der Waals surface area (Å²) >= 11 is 0. The molecule has 7 heteroatoms. The summed E-state index contributed by atoms with van der Waals surface area (Å²) in [6, 6.07) is 11.1. The molecule has 3 heterocycles. The van der Waals surface area contributed by atoms with Crippen molar-refractivity contribution in [1.29, 1.82) is 0 Å². The second-order valence-corrected chi connectivity index (χ2v) is 6.04. The molecule has 0 radical (unpaired) electrons. The number of fused-ring (bicyclic) bond motifs is 1. The van der Waals surface area contributed by atoms with Crippen LogP contribution in [0.25, 0.3) is 22.4 Å². The zero-order valence-electron chi connectivity index (χ0n) is 14.5. The molecule has 1 amide bonds. The van der Waals surface area contributed by atoms with Crippen LogP contribution in [0.1, 0.15) is 21.7 Å². The number of amides is 1. The first kappa shape index (κ1) is 16.7. The average molecular weight is 360 g/mol. The van der Waals surface area contributed by atoms with Gasteiger partial charge in [-0.2, -0.15) is 0 Å². The van der Waals surface area contributed by atoms with Crippen molar-refractivity contribution in [3.63, 3.8) is 0 Å². The number of nitrogens with zero attached hydrogens (tertiary/aromatic N) is 2. The van der Waals surface area contributed by atoms with Crippen molar-refractivity contribution < 1.29 is 9.21 Å². The number of hydrogen-bond acceptors (Lipinski definition) is 5. The van der Waals surface area contributed by atoms with Crippen molar-refractivity contribution in [3.05, 3.63) is 82.2 Å². The fourth-order valence-corrected chi connectivity index (χ4v) is 2.86. The van der Waals surface area contributed by atoms with Gasteiger partial charge in [-0.25, -0.2) is 4.98 Å². The molecule has 0 aliphatic rings. The SMILES string of the molecule is Cc1c(CNC(=O)c2cnc(-c3ccncc3)[nH]c2=O)oc2ccccc12. The van der Waals surface area contributed by atoms with Crippen LogP contribution >= 0.6 is 0 Å². The second kappa shape index (κ2) is 6.87. The summed E-state index contributed by atoms with van der Waals surface area (Å²) in [6.45, 7) is 2.12. The van der Waals surface area contributed by atoms with Crippen LogP contribution in [-0.2, 0) is 6.54 Å². The van der Waals surface area contributed by atoms with Gasteiger partial charge < -0.3 is 14.7 Å². The topological polar surface area (TPSA) is 101 Å². The van der Waals surface area contributed by atoms with Crippen molar-refractivity contribution in [3.8, 4) is 11.4 Å². The number of carbonyl (C=O) groups excluding carboxylic acids is 1. The summed E-state index contributed by atoms with van der Waals surface area (Å²) in [6.07, 6.45) is 4.48.